The van der Waals surface area contributed by atoms with E-state index in [-0.39, 0.29) is 12.0 Å². The van der Waals surface area contributed by atoms with Crippen molar-refractivity contribution in [3.63, 3.8) is 0 Å². The van der Waals surface area contributed by atoms with Crippen LogP contribution in [0.2, 0.25) is 0 Å². The van der Waals surface area contributed by atoms with Gasteiger partial charge in [0.1, 0.15) is 5.75 Å². The normalized spacial score (nSPS) is 14.6. The van der Waals surface area contributed by atoms with Crippen LogP contribution in [0.25, 0.3) is 0 Å². The average molecular weight is 352 g/mol. The van der Waals surface area contributed by atoms with Crippen molar-refractivity contribution in [1.82, 2.24) is 4.90 Å². The average Bonchev–Trinajstić information content (AvgIpc) is 2.62. The second kappa shape index (κ2) is 8.26. The molecule has 3 rings (SSSR count). The number of carbonyl (C=O) groups excluding carboxylic acids is 1. The molecule has 0 N–H and O–H groups in total. The van der Waals surface area contributed by atoms with E-state index in [1.54, 1.807) is 0 Å². The predicted octanol–water partition coefficient (Wildman–Crippen LogP) is 3.67. The summed E-state index contributed by atoms with van der Waals surface area (Å²) in [4.78, 5) is 16.9. The number of piperazine rings is 1. The smallest absolute Gasteiger partial charge is 0.227 e. The summed E-state index contributed by atoms with van der Waals surface area (Å²) in [5.41, 5.74) is 3.48. The monoisotopic (exact) mass is 352 g/mol. The van der Waals surface area contributed by atoms with Crippen molar-refractivity contribution in [3.05, 3.63) is 59.7 Å². The lowest BCUT2D eigenvalue weighted by Gasteiger charge is -2.36. The molecule has 4 heteroatoms. The number of aryl methyl sites for hydroxylation is 1. The first-order chi connectivity index (χ1) is 12.5. The minimum Gasteiger partial charge on any atom is -0.491 e. The molecule has 0 atom stereocenters. The molecule has 1 saturated heterocycles. The third-order valence-electron chi connectivity index (χ3n) is 4.64. The van der Waals surface area contributed by atoms with Crippen LogP contribution in [0.3, 0.4) is 0 Å². The number of nitrogens with zero attached hydrogens (tertiary/aromatic N) is 2. The third kappa shape index (κ3) is 4.78. The van der Waals surface area contributed by atoms with Crippen LogP contribution in [-0.4, -0.2) is 43.1 Å². The Kier molecular flexibility index (Phi) is 5.82. The molecule has 1 fully saturated rings. The summed E-state index contributed by atoms with van der Waals surface area (Å²) >= 11 is 0. The molecule has 0 saturated carbocycles. The number of anilines is 1. The molecule has 2 aromatic rings. The zero-order chi connectivity index (χ0) is 18.5. The summed E-state index contributed by atoms with van der Waals surface area (Å²) in [6.07, 6.45) is 0.673. The Labute approximate surface area is 156 Å². The van der Waals surface area contributed by atoms with Gasteiger partial charge in [0.2, 0.25) is 5.91 Å². The van der Waals surface area contributed by atoms with Crippen molar-refractivity contribution in [1.29, 1.82) is 0 Å². The Morgan fingerprint density at radius 1 is 1.04 bits per heavy atom. The van der Waals surface area contributed by atoms with E-state index in [0.29, 0.717) is 6.42 Å². The van der Waals surface area contributed by atoms with Crippen LogP contribution >= 0.6 is 0 Å². The van der Waals surface area contributed by atoms with Gasteiger partial charge in [0.05, 0.1) is 12.5 Å². The SMILES string of the molecule is Cc1cccc(CC(=O)N2CCN(c3ccc(OC(C)C)cc3)CC2)c1. The quantitative estimate of drug-likeness (QED) is 0.823. The number of ether oxygens (including phenoxy) is 1. The van der Waals surface area contributed by atoms with Crippen LogP contribution in [-0.2, 0) is 11.2 Å². The second-order valence-electron chi connectivity index (χ2n) is 7.19. The first-order valence-corrected chi connectivity index (χ1v) is 9.36. The number of hydrogen-bond acceptors (Lipinski definition) is 3. The molecule has 1 aliphatic heterocycles. The molecule has 1 heterocycles. The van der Waals surface area contributed by atoms with Crippen molar-refractivity contribution in [2.75, 3.05) is 31.1 Å². The molecule has 0 unspecified atom stereocenters. The van der Waals surface area contributed by atoms with E-state index in [1.165, 1.54) is 11.3 Å². The van der Waals surface area contributed by atoms with Crippen molar-refractivity contribution in [2.45, 2.75) is 33.3 Å². The fourth-order valence-corrected chi connectivity index (χ4v) is 3.33. The summed E-state index contributed by atoms with van der Waals surface area (Å²) in [5.74, 6) is 1.12. The molecule has 138 valence electrons. The lowest BCUT2D eigenvalue weighted by Crippen LogP contribution is -2.49. The van der Waals surface area contributed by atoms with Crippen LogP contribution in [0.4, 0.5) is 5.69 Å². The lowest BCUT2D eigenvalue weighted by atomic mass is 10.1. The first-order valence-electron chi connectivity index (χ1n) is 9.36. The van der Waals surface area contributed by atoms with Gasteiger partial charge in [0.15, 0.2) is 0 Å². The largest absolute Gasteiger partial charge is 0.491 e. The van der Waals surface area contributed by atoms with E-state index in [0.717, 1.165) is 37.5 Å². The Morgan fingerprint density at radius 2 is 1.73 bits per heavy atom. The summed E-state index contributed by atoms with van der Waals surface area (Å²) in [6.45, 7) is 9.39. The summed E-state index contributed by atoms with van der Waals surface area (Å²) in [7, 11) is 0. The van der Waals surface area contributed by atoms with Gasteiger partial charge >= 0.3 is 0 Å². The highest BCUT2D eigenvalue weighted by atomic mass is 16.5. The molecule has 0 aromatic heterocycles. The fourth-order valence-electron chi connectivity index (χ4n) is 3.33. The Balaban J connectivity index is 1.53. The zero-order valence-corrected chi connectivity index (χ0v) is 15.9. The highest BCUT2D eigenvalue weighted by Gasteiger charge is 2.21. The Hall–Kier alpha value is -2.49. The van der Waals surface area contributed by atoms with Crippen molar-refractivity contribution >= 4 is 11.6 Å². The van der Waals surface area contributed by atoms with Gasteiger partial charge < -0.3 is 14.5 Å². The first kappa shape index (κ1) is 18.3. The Morgan fingerprint density at radius 3 is 2.35 bits per heavy atom. The van der Waals surface area contributed by atoms with E-state index >= 15 is 0 Å². The molecule has 1 amide bonds. The van der Waals surface area contributed by atoms with E-state index in [9.17, 15) is 4.79 Å². The van der Waals surface area contributed by atoms with Gasteiger partial charge in [-0.05, 0) is 50.6 Å². The van der Waals surface area contributed by atoms with E-state index in [2.05, 4.69) is 36.1 Å². The number of hydrogen-bond donors (Lipinski definition) is 0. The Bertz CT molecular complexity index is 732. The number of rotatable bonds is 5. The van der Waals surface area contributed by atoms with Gasteiger partial charge in [0.25, 0.3) is 0 Å². The molecule has 0 bridgehead atoms. The highest BCUT2D eigenvalue weighted by Crippen LogP contribution is 2.21. The van der Waals surface area contributed by atoms with Gasteiger partial charge in [-0.3, -0.25) is 4.79 Å². The van der Waals surface area contributed by atoms with Gasteiger partial charge in [-0.2, -0.15) is 0 Å². The molecule has 26 heavy (non-hydrogen) atoms. The summed E-state index contributed by atoms with van der Waals surface area (Å²) in [6, 6.07) is 16.4. The molecule has 0 aliphatic carbocycles. The number of benzene rings is 2. The van der Waals surface area contributed by atoms with Gasteiger partial charge in [-0.25, -0.2) is 0 Å². The summed E-state index contributed by atoms with van der Waals surface area (Å²) < 4.78 is 5.70. The maximum absolute atomic E-state index is 12.6. The third-order valence-corrected chi connectivity index (χ3v) is 4.64. The van der Waals surface area contributed by atoms with Gasteiger partial charge in [-0.1, -0.05) is 29.8 Å². The molecule has 4 nitrogen and oxygen atoms in total. The lowest BCUT2D eigenvalue weighted by molar-refractivity contribution is -0.130. The molecule has 0 radical (unpaired) electrons. The van der Waals surface area contributed by atoms with Crippen LogP contribution in [0.5, 0.6) is 5.75 Å². The highest BCUT2D eigenvalue weighted by molar-refractivity contribution is 5.79. The van der Waals surface area contributed by atoms with Crippen LogP contribution in [0.15, 0.2) is 48.5 Å². The van der Waals surface area contributed by atoms with Gasteiger partial charge in [-0.15, -0.1) is 0 Å². The molecule has 0 spiro atoms. The van der Waals surface area contributed by atoms with Crippen LogP contribution in [0.1, 0.15) is 25.0 Å². The minimum atomic E-state index is 0.184. The predicted molar refractivity (Wildman–Crippen MR) is 106 cm³/mol. The van der Waals surface area contributed by atoms with E-state index < -0.39 is 0 Å². The van der Waals surface area contributed by atoms with Crippen molar-refractivity contribution < 1.29 is 9.53 Å². The van der Waals surface area contributed by atoms with Crippen molar-refractivity contribution in [3.8, 4) is 5.75 Å². The van der Waals surface area contributed by atoms with E-state index in [1.807, 2.05) is 43.0 Å². The minimum absolute atomic E-state index is 0.184. The molecular formula is C22H28N2O2. The van der Waals surface area contributed by atoms with E-state index in [4.69, 9.17) is 4.74 Å². The number of amides is 1. The second-order valence-corrected chi connectivity index (χ2v) is 7.19. The van der Waals surface area contributed by atoms with Crippen LogP contribution < -0.4 is 9.64 Å². The van der Waals surface area contributed by atoms with Crippen molar-refractivity contribution in [2.24, 2.45) is 0 Å². The maximum atomic E-state index is 12.6. The van der Waals surface area contributed by atoms with Gasteiger partial charge in [0, 0.05) is 31.9 Å². The zero-order valence-electron chi connectivity index (χ0n) is 15.9. The van der Waals surface area contributed by atoms with Crippen LogP contribution in [0, 0.1) is 6.92 Å². The molecular weight excluding hydrogens is 324 g/mol. The molecule has 2 aromatic carbocycles. The molecule has 1 aliphatic rings. The summed E-state index contributed by atoms with van der Waals surface area (Å²) in [5, 5.41) is 0. The standard InChI is InChI=1S/C22H28N2O2/c1-17(2)26-21-9-7-20(8-10-21)23-11-13-24(14-12-23)22(25)16-19-6-4-5-18(3)15-19/h4-10,15,17H,11-14,16H2,1-3H3. The topological polar surface area (TPSA) is 32.8 Å². The maximum Gasteiger partial charge on any atom is 0.227 e. The fraction of sp³-hybridized carbons (Fsp3) is 0.409. The number of carbonyl (C=O) groups is 1.